The van der Waals surface area contributed by atoms with E-state index in [9.17, 15) is 34.5 Å². The average molecular weight is 561 g/mol. The van der Waals surface area contributed by atoms with Crippen molar-refractivity contribution >= 4 is 23.3 Å². The van der Waals surface area contributed by atoms with Gasteiger partial charge in [0.2, 0.25) is 0 Å². The first-order valence-corrected chi connectivity index (χ1v) is 14.7. The van der Waals surface area contributed by atoms with Gasteiger partial charge in [0.1, 0.15) is 23.1 Å². The standard InChI is InChI=1S/C32H48O8/c1-17(33)40-27(2,3)13-12-23(36)32(9,39)25-21(35)15-29(6)22-11-10-18-19(14-20(34)26(38)28(18,4)5)31(22,8)24(37)16-30(25,29)7/h10,19,21-22,25-26,35,38-39H,11-16H2,1-9H3/t19?,21-,22?,25?,26-,29+,30-,31+,32+/m1/s1. The Bertz CT molecular complexity index is 1160. The zero-order chi connectivity index (χ0) is 30.4. The van der Waals surface area contributed by atoms with Crippen LogP contribution >= 0.6 is 0 Å². The molecule has 0 saturated heterocycles. The molecule has 8 heteroatoms. The number of aliphatic hydroxyl groups is 3. The summed E-state index contributed by atoms with van der Waals surface area (Å²) in [5.41, 5.74) is -4.98. The van der Waals surface area contributed by atoms with E-state index in [-0.39, 0.29) is 49.1 Å². The van der Waals surface area contributed by atoms with Gasteiger partial charge >= 0.3 is 5.97 Å². The number of aliphatic hydroxyl groups excluding tert-OH is 2. The summed E-state index contributed by atoms with van der Waals surface area (Å²) in [4.78, 5) is 52.2. The second-order valence-corrected chi connectivity index (χ2v) is 15.2. The molecule has 9 atom stereocenters. The van der Waals surface area contributed by atoms with Crippen LogP contribution in [0.2, 0.25) is 0 Å². The maximum Gasteiger partial charge on any atom is 0.303 e. The Hall–Kier alpha value is -1.90. The summed E-state index contributed by atoms with van der Waals surface area (Å²) in [5.74, 6) is -2.62. The van der Waals surface area contributed by atoms with Gasteiger partial charge in [-0.1, -0.05) is 46.3 Å². The van der Waals surface area contributed by atoms with Crippen LogP contribution in [0, 0.1) is 39.4 Å². The third kappa shape index (κ3) is 4.18. The highest BCUT2D eigenvalue weighted by Gasteiger charge is 2.74. The lowest BCUT2D eigenvalue weighted by Crippen LogP contribution is -2.65. The molecular weight excluding hydrogens is 512 g/mol. The number of hydrogen-bond acceptors (Lipinski definition) is 8. The van der Waals surface area contributed by atoms with E-state index in [4.69, 9.17) is 4.74 Å². The van der Waals surface area contributed by atoms with E-state index >= 15 is 0 Å². The van der Waals surface area contributed by atoms with Gasteiger partial charge in [-0.3, -0.25) is 19.2 Å². The maximum atomic E-state index is 14.3. The van der Waals surface area contributed by atoms with Crippen molar-refractivity contribution in [3.05, 3.63) is 11.6 Å². The number of Topliss-reactive ketones (excluding diaryl/α,β-unsaturated/α-hetero) is 3. The van der Waals surface area contributed by atoms with Crippen LogP contribution in [0.1, 0.15) is 101 Å². The molecule has 0 bridgehead atoms. The molecular formula is C32H48O8. The molecule has 3 saturated carbocycles. The lowest BCUT2D eigenvalue weighted by Gasteiger charge is -2.64. The van der Waals surface area contributed by atoms with Crippen molar-refractivity contribution in [2.75, 3.05) is 0 Å². The molecule has 0 aromatic carbocycles. The van der Waals surface area contributed by atoms with Crippen LogP contribution in [0.3, 0.4) is 0 Å². The molecule has 0 aromatic heterocycles. The smallest absolute Gasteiger partial charge is 0.303 e. The van der Waals surface area contributed by atoms with E-state index in [1.165, 1.54) is 13.8 Å². The molecule has 3 N–H and O–H groups in total. The van der Waals surface area contributed by atoms with Gasteiger partial charge in [-0.05, 0) is 62.7 Å². The number of esters is 1. The first kappa shape index (κ1) is 31.0. The largest absolute Gasteiger partial charge is 0.460 e. The molecule has 3 fully saturated rings. The Morgan fingerprint density at radius 3 is 2.23 bits per heavy atom. The van der Waals surface area contributed by atoms with Gasteiger partial charge in [0.25, 0.3) is 0 Å². The van der Waals surface area contributed by atoms with E-state index in [1.807, 2.05) is 27.7 Å². The summed E-state index contributed by atoms with van der Waals surface area (Å²) in [6.45, 7) is 15.8. The Balaban J connectivity index is 1.70. The fourth-order valence-electron chi connectivity index (χ4n) is 9.63. The molecule has 4 aliphatic rings. The summed E-state index contributed by atoms with van der Waals surface area (Å²) in [5, 5.41) is 34.0. The molecule has 3 unspecified atom stereocenters. The third-order valence-electron chi connectivity index (χ3n) is 12.0. The third-order valence-corrected chi connectivity index (χ3v) is 12.0. The van der Waals surface area contributed by atoms with Gasteiger partial charge < -0.3 is 20.1 Å². The molecule has 0 amide bonds. The zero-order valence-corrected chi connectivity index (χ0v) is 25.6. The van der Waals surface area contributed by atoms with Crippen LogP contribution in [0.4, 0.5) is 0 Å². The Morgan fingerprint density at radius 1 is 1.05 bits per heavy atom. The van der Waals surface area contributed by atoms with Crippen molar-refractivity contribution in [2.24, 2.45) is 39.4 Å². The fraction of sp³-hybridized carbons (Fsp3) is 0.812. The van der Waals surface area contributed by atoms with Gasteiger partial charge in [-0.2, -0.15) is 0 Å². The van der Waals surface area contributed by atoms with Crippen molar-refractivity contribution in [3.8, 4) is 0 Å². The number of carbonyl (C=O) groups excluding carboxylic acids is 4. The average Bonchev–Trinajstić information content (AvgIpc) is 3.01. The number of rotatable bonds is 6. The number of ether oxygens (including phenoxy) is 1. The number of carbonyl (C=O) groups is 4. The lowest BCUT2D eigenvalue weighted by atomic mass is 9.38. The van der Waals surface area contributed by atoms with Crippen LogP contribution in [-0.2, 0) is 23.9 Å². The summed E-state index contributed by atoms with van der Waals surface area (Å²) in [6.07, 6.45) is 1.17. The molecule has 0 heterocycles. The Morgan fingerprint density at radius 2 is 1.65 bits per heavy atom. The molecule has 40 heavy (non-hydrogen) atoms. The van der Waals surface area contributed by atoms with E-state index in [0.717, 1.165) is 5.57 Å². The molecule has 8 nitrogen and oxygen atoms in total. The predicted molar refractivity (Wildman–Crippen MR) is 148 cm³/mol. The first-order valence-electron chi connectivity index (χ1n) is 14.7. The molecule has 0 aliphatic heterocycles. The maximum absolute atomic E-state index is 14.3. The molecule has 0 radical (unpaired) electrons. The SMILES string of the molecule is CC(=O)OC(C)(C)CCC(=O)[C@](C)(O)C1[C@H](O)C[C@@]2(C)C3CC=C4C(CC(=O)[C@@H](O)C4(C)C)[C@]3(C)C(=O)C[C@]12C. The topological polar surface area (TPSA) is 138 Å². The normalized spacial score (nSPS) is 42.2. The van der Waals surface area contributed by atoms with Crippen molar-refractivity contribution in [2.45, 2.75) is 124 Å². The summed E-state index contributed by atoms with van der Waals surface area (Å²) in [7, 11) is 0. The Labute approximate surface area is 237 Å². The van der Waals surface area contributed by atoms with Gasteiger partial charge in [-0.25, -0.2) is 0 Å². The van der Waals surface area contributed by atoms with Gasteiger partial charge in [0, 0.05) is 42.9 Å². The first-order chi connectivity index (χ1) is 18.1. The number of fused-ring (bicyclic) bond motifs is 5. The van der Waals surface area contributed by atoms with Crippen LogP contribution < -0.4 is 0 Å². The minimum atomic E-state index is -1.91. The van der Waals surface area contributed by atoms with E-state index in [1.54, 1.807) is 13.8 Å². The van der Waals surface area contributed by atoms with Gasteiger partial charge in [0.05, 0.1) is 6.10 Å². The van der Waals surface area contributed by atoms with Gasteiger partial charge in [-0.15, -0.1) is 0 Å². The second kappa shape index (κ2) is 9.30. The fourth-order valence-corrected chi connectivity index (χ4v) is 9.63. The predicted octanol–water partition coefficient (Wildman–Crippen LogP) is 3.72. The Kier molecular flexibility index (Phi) is 7.22. The molecule has 0 aromatic rings. The van der Waals surface area contributed by atoms with Crippen molar-refractivity contribution < 1.29 is 39.2 Å². The van der Waals surface area contributed by atoms with Crippen LogP contribution in [0.25, 0.3) is 0 Å². The second-order valence-electron chi connectivity index (χ2n) is 15.2. The van der Waals surface area contributed by atoms with Crippen molar-refractivity contribution in [1.82, 2.24) is 0 Å². The molecule has 4 rings (SSSR count). The summed E-state index contributed by atoms with van der Waals surface area (Å²) in [6, 6.07) is 0. The van der Waals surface area contributed by atoms with E-state index in [0.29, 0.717) is 12.8 Å². The van der Waals surface area contributed by atoms with Gasteiger partial charge in [0.15, 0.2) is 11.6 Å². The van der Waals surface area contributed by atoms with Crippen LogP contribution in [-0.4, -0.2) is 62.0 Å². The van der Waals surface area contributed by atoms with Crippen LogP contribution in [0.15, 0.2) is 11.6 Å². The van der Waals surface area contributed by atoms with E-state index < -0.39 is 62.7 Å². The minimum absolute atomic E-state index is 0.0218. The van der Waals surface area contributed by atoms with E-state index in [2.05, 4.69) is 13.0 Å². The lowest BCUT2D eigenvalue weighted by molar-refractivity contribution is -0.184. The number of hydrogen-bond donors (Lipinski definition) is 3. The highest BCUT2D eigenvalue weighted by molar-refractivity contribution is 5.93. The van der Waals surface area contributed by atoms with Crippen LogP contribution in [0.5, 0.6) is 0 Å². The van der Waals surface area contributed by atoms with Crippen molar-refractivity contribution in [3.63, 3.8) is 0 Å². The number of ketones is 3. The monoisotopic (exact) mass is 560 g/mol. The molecule has 0 spiro atoms. The summed E-state index contributed by atoms with van der Waals surface area (Å²) >= 11 is 0. The molecule has 224 valence electrons. The quantitative estimate of drug-likeness (QED) is 0.330. The number of allylic oxidation sites excluding steroid dienone is 1. The molecule has 4 aliphatic carbocycles. The highest BCUT2D eigenvalue weighted by Crippen LogP contribution is 2.74. The van der Waals surface area contributed by atoms with Crippen molar-refractivity contribution in [1.29, 1.82) is 0 Å². The minimum Gasteiger partial charge on any atom is -0.460 e. The zero-order valence-electron chi connectivity index (χ0n) is 25.6. The highest BCUT2D eigenvalue weighted by atomic mass is 16.6. The summed E-state index contributed by atoms with van der Waals surface area (Å²) < 4.78 is 5.31.